The van der Waals surface area contributed by atoms with Gasteiger partial charge in [-0.05, 0) is 46.1 Å². The summed E-state index contributed by atoms with van der Waals surface area (Å²) < 4.78 is 11.1. The van der Waals surface area contributed by atoms with Crippen LogP contribution >= 0.6 is 0 Å². The molecule has 1 aromatic rings. The minimum Gasteiger partial charge on any atom is -0.469 e. The van der Waals surface area contributed by atoms with Crippen LogP contribution in [0.25, 0.3) is 0 Å². The van der Waals surface area contributed by atoms with E-state index in [1.165, 1.54) is 5.56 Å². The highest BCUT2D eigenvalue weighted by Crippen LogP contribution is 2.38. The largest absolute Gasteiger partial charge is 0.469 e. The number of fused-ring (bicyclic) bond motifs is 2. The molecular weight excluding hydrogens is 280 g/mol. The Morgan fingerprint density at radius 1 is 1.36 bits per heavy atom. The van der Waals surface area contributed by atoms with Gasteiger partial charge in [0.1, 0.15) is 11.4 Å². The molecule has 5 nitrogen and oxygen atoms in total. The minimum atomic E-state index is -0.443. The van der Waals surface area contributed by atoms with Crippen molar-refractivity contribution >= 4 is 6.09 Å². The summed E-state index contributed by atoms with van der Waals surface area (Å²) in [6.45, 7) is 8.13. The van der Waals surface area contributed by atoms with Crippen molar-refractivity contribution in [1.29, 1.82) is 0 Å². The maximum Gasteiger partial charge on any atom is 0.410 e. The molecule has 2 aliphatic heterocycles. The third kappa shape index (κ3) is 3.00. The molecule has 0 bridgehead atoms. The van der Waals surface area contributed by atoms with Crippen LogP contribution in [0, 0.1) is 0 Å². The fraction of sp³-hybridized carbons (Fsp3) is 0.706. The zero-order chi connectivity index (χ0) is 15.8. The summed E-state index contributed by atoms with van der Waals surface area (Å²) in [5, 5.41) is 3.69. The summed E-state index contributed by atoms with van der Waals surface area (Å²) in [5.74, 6) is 1.10. The molecule has 1 spiro atoms. The van der Waals surface area contributed by atoms with E-state index in [1.807, 2.05) is 25.7 Å². The van der Waals surface area contributed by atoms with Crippen molar-refractivity contribution in [3.05, 3.63) is 23.7 Å². The zero-order valence-electron chi connectivity index (χ0n) is 13.8. The van der Waals surface area contributed by atoms with Crippen molar-refractivity contribution in [2.45, 2.75) is 57.6 Å². The Kier molecular flexibility index (Phi) is 3.93. The molecular formula is C17H26N2O3. The fourth-order valence-corrected chi connectivity index (χ4v) is 3.56. The van der Waals surface area contributed by atoms with Crippen LogP contribution in [0.15, 0.2) is 16.7 Å². The van der Waals surface area contributed by atoms with Crippen molar-refractivity contribution in [2.75, 3.05) is 19.6 Å². The second kappa shape index (κ2) is 5.61. The minimum absolute atomic E-state index is 0.0443. The molecule has 22 heavy (non-hydrogen) atoms. The highest BCUT2D eigenvalue weighted by atomic mass is 16.6. The molecule has 5 heteroatoms. The van der Waals surface area contributed by atoms with E-state index in [1.54, 1.807) is 6.26 Å². The molecule has 1 atom stereocenters. The summed E-state index contributed by atoms with van der Waals surface area (Å²) in [5.41, 5.74) is 0.795. The number of carbonyl (C=O) groups excluding carboxylic acids is 1. The lowest BCUT2D eigenvalue weighted by atomic mass is 9.80. The first-order valence-corrected chi connectivity index (χ1v) is 8.19. The summed E-state index contributed by atoms with van der Waals surface area (Å²) in [7, 11) is 0. The Balaban J connectivity index is 1.72. The summed E-state index contributed by atoms with van der Waals surface area (Å²) >= 11 is 0. The molecule has 3 rings (SSSR count). The Bertz CT molecular complexity index is 546. The first-order valence-electron chi connectivity index (χ1n) is 8.19. The van der Waals surface area contributed by atoms with Crippen molar-refractivity contribution in [3.63, 3.8) is 0 Å². The van der Waals surface area contributed by atoms with Gasteiger partial charge in [0.05, 0.1) is 6.26 Å². The number of nitrogens with one attached hydrogen (secondary N) is 1. The van der Waals surface area contributed by atoms with Crippen molar-refractivity contribution in [3.8, 4) is 0 Å². The first-order chi connectivity index (χ1) is 10.4. The standard InChI is InChI=1S/C17H26N2O3/c1-16(2,3)22-15(20)19-10-4-7-17(8-11-19)13-6-12-21-14(13)5-9-18-17/h6,12,18H,4-5,7-11H2,1-3H3. The van der Waals surface area contributed by atoms with E-state index in [0.29, 0.717) is 6.54 Å². The van der Waals surface area contributed by atoms with Crippen LogP contribution in [0.2, 0.25) is 0 Å². The molecule has 122 valence electrons. The maximum absolute atomic E-state index is 12.3. The lowest BCUT2D eigenvalue weighted by Crippen LogP contribution is -2.47. The van der Waals surface area contributed by atoms with Crippen molar-refractivity contribution in [1.82, 2.24) is 10.2 Å². The second-order valence-corrected chi connectivity index (χ2v) is 7.34. The fourth-order valence-electron chi connectivity index (χ4n) is 3.56. The van der Waals surface area contributed by atoms with Gasteiger partial charge in [0.15, 0.2) is 0 Å². The summed E-state index contributed by atoms with van der Waals surface area (Å²) in [6.07, 6.45) is 5.43. The molecule has 1 amide bonds. The topological polar surface area (TPSA) is 54.7 Å². The number of hydrogen-bond acceptors (Lipinski definition) is 4. The third-order valence-corrected chi connectivity index (χ3v) is 4.57. The Hall–Kier alpha value is -1.49. The molecule has 1 fully saturated rings. The predicted molar refractivity (Wildman–Crippen MR) is 83.8 cm³/mol. The van der Waals surface area contributed by atoms with E-state index >= 15 is 0 Å². The quantitative estimate of drug-likeness (QED) is 0.800. The first kappa shape index (κ1) is 15.4. The zero-order valence-corrected chi connectivity index (χ0v) is 13.8. The van der Waals surface area contributed by atoms with Crippen LogP contribution in [-0.4, -0.2) is 36.2 Å². The van der Waals surface area contributed by atoms with Crippen LogP contribution in [-0.2, 0) is 16.7 Å². The monoisotopic (exact) mass is 306 g/mol. The summed E-state index contributed by atoms with van der Waals surface area (Å²) in [4.78, 5) is 14.1. The number of hydrogen-bond donors (Lipinski definition) is 1. The molecule has 0 saturated carbocycles. The van der Waals surface area contributed by atoms with Crippen molar-refractivity contribution < 1.29 is 13.9 Å². The van der Waals surface area contributed by atoms with E-state index in [4.69, 9.17) is 9.15 Å². The molecule has 2 aliphatic rings. The van der Waals surface area contributed by atoms with Crippen LogP contribution in [0.1, 0.15) is 51.4 Å². The van der Waals surface area contributed by atoms with Gasteiger partial charge in [-0.1, -0.05) is 0 Å². The highest BCUT2D eigenvalue weighted by Gasteiger charge is 2.40. The van der Waals surface area contributed by atoms with Gasteiger partial charge in [-0.25, -0.2) is 4.79 Å². The smallest absolute Gasteiger partial charge is 0.410 e. The van der Waals surface area contributed by atoms with Crippen LogP contribution in [0.5, 0.6) is 0 Å². The van der Waals surface area contributed by atoms with Gasteiger partial charge in [-0.15, -0.1) is 0 Å². The Morgan fingerprint density at radius 3 is 2.95 bits per heavy atom. The van der Waals surface area contributed by atoms with E-state index in [9.17, 15) is 4.79 Å². The average molecular weight is 306 g/mol. The Labute approximate surface area is 132 Å². The number of rotatable bonds is 0. The average Bonchev–Trinajstić information content (AvgIpc) is 2.81. The van der Waals surface area contributed by atoms with Crippen LogP contribution < -0.4 is 5.32 Å². The van der Waals surface area contributed by atoms with Gasteiger partial charge in [0.25, 0.3) is 0 Å². The van der Waals surface area contributed by atoms with Crippen molar-refractivity contribution in [2.24, 2.45) is 0 Å². The summed E-state index contributed by atoms with van der Waals surface area (Å²) in [6, 6.07) is 2.09. The maximum atomic E-state index is 12.3. The number of likely N-dealkylation sites (tertiary alicyclic amines) is 1. The predicted octanol–water partition coefficient (Wildman–Crippen LogP) is 3.04. The lowest BCUT2D eigenvalue weighted by molar-refractivity contribution is 0.0252. The van der Waals surface area contributed by atoms with E-state index in [0.717, 1.165) is 44.5 Å². The molecule has 1 aromatic heterocycles. The molecule has 1 unspecified atom stereocenters. The molecule has 3 heterocycles. The number of ether oxygens (including phenoxy) is 1. The molecule has 0 aromatic carbocycles. The van der Waals surface area contributed by atoms with Gasteiger partial charge >= 0.3 is 6.09 Å². The normalized spacial score (nSPS) is 25.7. The number of amides is 1. The number of furan rings is 1. The van der Waals surface area contributed by atoms with Gasteiger partial charge in [0.2, 0.25) is 0 Å². The van der Waals surface area contributed by atoms with Crippen LogP contribution in [0.4, 0.5) is 4.79 Å². The van der Waals surface area contributed by atoms with E-state index < -0.39 is 5.60 Å². The molecule has 0 radical (unpaired) electrons. The van der Waals surface area contributed by atoms with E-state index in [-0.39, 0.29) is 11.6 Å². The van der Waals surface area contributed by atoms with E-state index in [2.05, 4.69) is 11.4 Å². The molecule has 1 saturated heterocycles. The highest BCUT2D eigenvalue weighted by molar-refractivity contribution is 5.68. The van der Waals surface area contributed by atoms with Gasteiger partial charge in [-0.2, -0.15) is 0 Å². The third-order valence-electron chi connectivity index (χ3n) is 4.57. The lowest BCUT2D eigenvalue weighted by Gasteiger charge is -2.37. The van der Waals surface area contributed by atoms with Gasteiger partial charge in [-0.3, -0.25) is 0 Å². The van der Waals surface area contributed by atoms with Gasteiger partial charge < -0.3 is 19.4 Å². The van der Waals surface area contributed by atoms with Gasteiger partial charge in [0, 0.05) is 37.2 Å². The number of carbonyl (C=O) groups is 1. The molecule has 1 N–H and O–H groups in total. The SMILES string of the molecule is CC(C)(C)OC(=O)N1CCCC2(CC1)NCCc1occc12. The molecule has 0 aliphatic carbocycles. The van der Waals surface area contributed by atoms with Crippen LogP contribution in [0.3, 0.4) is 0 Å². The Morgan fingerprint density at radius 2 is 2.18 bits per heavy atom. The second-order valence-electron chi connectivity index (χ2n) is 7.34. The number of nitrogens with zero attached hydrogens (tertiary/aromatic N) is 1.